The Bertz CT molecular complexity index is 1720. The van der Waals surface area contributed by atoms with Gasteiger partial charge in [-0.15, -0.1) is 0 Å². The number of halogens is 14. The molecule has 0 radical (unpaired) electrons. The van der Waals surface area contributed by atoms with Crippen molar-refractivity contribution in [2.75, 3.05) is 0 Å². The average Bonchev–Trinajstić information content (AvgIpc) is 2.99. The number of hydrogen-bond donors (Lipinski definition) is 3. The Morgan fingerprint density at radius 1 is 0.346 bits per heavy atom. The summed E-state index contributed by atoms with van der Waals surface area (Å²) in [5.74, 6) is -1.30. The first-order chi connectivity index (χ1) is 23.9. The van der Waals surface area contributed by atoms with E-state index >= 15 is 0 Å². The topological polar surface area (TPSA) is 73.0 Å². The third-order valence-electron chi connectivity index (χ3n) is 6.74. The van der Waals surface area contributed by atoms with E-state index in [9.17, 15) is 52.7 Å². The van der Waals surface area contributed by atoms with Crippen LogP contribution in [0.25, 0.3) is 0 Å². The number of alkyl halides is 12. The molecule has 1 saturated heterocycles. The van der Waals surface area contributed by atoms with E-state index in [1.807, 2.05) is 0 Å². The van der Waals surface area contributed by atoms with Gasteiger partial charge in [0.05, 0.1) is 0 Å². The molecular formula is C28H22Cl2F12N3O4P3. The molecule has 286 valence electrons. The molecule has 1 heterocycles. The predicted octanol–water partition coefficient (Wildman–Crippen LogP) is 11.9. The molecule has 5 rings (SSSR count). The quantitative estimate of drug-likeness (QED) is 0.120. The summed E-state index contributed by atoms with van der Waals surface area (Å²) in [6.07, 6.45) is -19.0. The van der Waals surface area contributed by atoms with Crippen LogP contribution in [-0.2, 0) is 24.7 Å². The number of benzene rings is 4. The van der Waals surface area contributed by atoms with Crippen LogP contribution in [0.3, 0.4) is 0 Å². The molecule has 0 atom stereocenters. The van der Waals surface area contributed by atoms with Gasteiger partial charge in [0.1, 0.15) is 0 Å². The van der Waals surface area contributed by atoms with Gasteiger partial charge in [-0.25, -0.2) is 0 Å². The molecule has 0 spiro atoms. The van der Waals surface area contributed by atoms with E-state index in [2.05, 4.69) is 14.6 Å². The summed E-state index contributed by atoms with van der Waals surface area (Å²) in [5, 5.41) is 0. The first-order valence-corrected chi connectivity index (χ1v) is 21.7. The SMILES string of the molecule is FC(F)(F)c1ccc(O[PH]2(Cl)N[PH](Cl)(Oc3ccc(C(F)(F)F)cc3)N[PH](Oc3ccc(C(F)(F)F)cc3)(Oc3ccc(C(F)(F)F)cc3)N2)cc1. The van der Waals surface area contributed by atoms with Crippen molar-refractivity contribution in [2.24, 2.45) is 0 Å². The molecule has 0 amide bonds. The Hall–Kier alpha value is -3.01. The number of rotatable bonds is 8. The van der Waals surface area contributed by atoms with E-state index in [-0.39, 0.29) is 23.0 Å². The zero-order chi connectivity index (χ0) is 38.4. The third-order valence-corrected chi connectivity index (χ3v) is 20.5. The first-order valence-electron chi connectivity index (χ1n) is 14.1. The van der Waals surface area contributed by atoms with Crippen molar-refractivity contribution in [1.29, 1.82) is 0 Å². The predicted molar refractivity (Wildman–Crippen MR) is 174 cm³/mol. The maximum atomic E-state index is 13.3. The Kier molecular flexibility index (Phi) is 11.1. The Labute approximate surface area is 296 Å². The van der Waals surface area contributed by atoms with Crippen LogP contribution in [0.1, 0.15) is 22.3 Å². The van der Waals surface area contributed by atoms with Crippen molar-refractivity contribution in [2.45, 2.75) is 24.7 Å². The van der Waals surface area contributed by atoms with Crippen molar-refractivity contribution in [3.05, 3.63) is 119 Å². The Morgan fingerprint density at radius 3 is 0.769 bits per heavy atom. The van der Waals surface area contributed by atoms with Gasteiger partial charge in [-0.3, -0.25) is 0 Å². The van der Waals surface area contributed by atoms with Crippen LogP contribution >= 0.6 is 44.8 Å². The molecule has 7 nitrogen and oxygen atoms in total. The van der Waals surface area contributed by atoms with Crippen molar-refractivity contribution in [3.63, 3.8) is 0 Å². The second-order valence-corrected chi connectivity index (χ2v) is 21.3. The molecule has 1 aliphatic rings. The van der Waals surface area contributed by atoms with Crippen LogP contribution in [0.4, 0.5) is 52.7 Å². The zero-order valence-corrected chi connectivity index (χ0v) is 29.7. The summed E-state index contributed by atoms with van der Waals surface area (Å²) in [5.41, 5.74) is -4.32. The fourth-order valence-corrected chi connectivity index (χ4v) is 21.1. The third kappa shape index (κ3) is 10.1. The van der Waals surface area contributed by atoms with Crippen molar-refractivity contribution in [1.82, 2.24) is 14.6 Å². The van der Waals surface area contributed by atoms with Crippen molar-refractivity contribution < 1.29 is 70.8 Å². The number of nitrogens with one attached hydrogen (secondary N) is 3. The van der Waals surface area contributed by atoms with Crippen molar-refractivity contribution >= 4 is 44.8 Å². The van der Waals surface area contributed by atoms with Gasteiger partial charge in [-0.2, -0.15) is 0 Å². The van der Waals surface area contributed by atoms with Gasteiger partial charge >= 0.3 is 297 Å². The van der Waals surface area contributed by atoms with Crippen LogP contribution in [0.15, 0.2) is 97.1 Å². The monoisotopic (exact) mass is 855 g/mol. The molecule has 24 heteroatoms. The molecule has 52 heavy (non-hydrogen) atoms. The van der Waals surface area contributed by atoms with Gasteiger partial charge < -0.3 is 0 Å². The van der Waals surface area contributed by atoms with E-state index in [0.29, 0.717) is 48.5 Å². The fraction of sp³-hybridized carbons (Fsp3) is 0.143. The van der Waals surface area contributed by atoms with Crippen LogP contribution in [0, 0.1) is 0 Å². The van der Waals surface area contributed by atoms with Gasteiger partial charge in [0, 0.05) is 0 Å². The average molecular weight is 856 g/mol. The van der Waals surface area contributed by atoms with Crippen LogP contribution in [0.5, 0.6) is 23.0 Å². The van der Waals surface area contributed by atoms with E-state index in [4.69, 9.17) is 40.6 Å². The van der Waals surface area contributed by atoms with Gasteiger partial charge in [0.2, 0.25) is 0 Å². The molecule has 0 saturated carbocycles. The molecule has 4 aromatic rings. The van der Waals surface area contributed by atoms with Crippen LogP contribution < -0.4 is 32.7 Å². The zero-order valence-electron chi connectivity index (χ0n) is 25.2. The summed E-state index contributed by atoms with van der Waals surface area (Å²) in [6, 6.07) is 12.1. The molecule has 3 N–H and O–H groups in total. The van der Waals surface area contributed by atoms with Gasteiger partial charge in [-0.1, -0.05) is 0 Å². The molecular weight excluding hydrogens is 834 g/mol. The van der Waals surface area contributed by atoms with Crippen molar-refractivity contribution in [3.8, 4) is 23.0 Å². The Morgan fingerprint density at radius 2 is 0.558 bits per heavy atom. The molecule has 0 bridgehead atoms. The standard InChI is InChI=1S/C28H22Cl2F12N3O4P3/c29-50(46-21-9-1-17(2-10-21)25(31,32)33)43-51(30,47-22-11-3-18(4-12-22)26(34,35)36)45-52(44-50,48-23-13-5-19(6-14-23)27(37,38)39)49-24-15-7-20(8-16-24)28(40,41)42/h1-16,43-45,50-52H. The summed E-state index contributed by atoms with van der Waals surface area (Å²) in [4.78, 5) is 8.06. The molecule has 0 aromatic heterocycles. The fourth-order valence-electron chi connectivity index (χ4n) is 4.45. The van der Waals surface area contributed by atoms with Gasteiger partial charge in [-0.05, 0) is 0 Å². The van der Waals surface area contributed by atoms with Gasteiger partial charge in [0.15, 0.2) is 0 Å². The van der Waals surface area contributed by atoms with E-state index < -0.39 is 69.3 Å². The maximum absolute atomic E-state index is 13.3. The second kappa shape index (κ2) is 14.3. The summed E-state index contributed by atoms with van der Waals surface area (Å²) < 4.78 is 183. The summed E-state index contributed by atoms with van der Waals surface area (Å²) in [7, 11) is -14.0. The van der Waals surface area contributed by atoms with E-state index in [0.717, 1.165) is 48.5 Å². The first kappa shape index (κ1) is 40.2. The summed E-state index contributed by atoms with van der Waals surface area (Å²) >= 11 is 13.8. The number of hydrogen-bond acceptors (Lipinski definition) is 7. The molecule has 1 aliphatic heterocycles. The molecule has 4 aromatic carbocycles. The normalized spacial score (nSPS) is 19.1. The van der Waals surface area contributed by atoms with Crippen LogP contribution in [0.2, 0.25) is 0 Å². The molecule has 1 fully saturated rings. The Balaban J connectivity index is 1.59. The van der Waals surface area contributed by atoms with E-state index in [1.54, 1.807) is 0 Å². The summed E-state index contributed by atoms with van der Waals surface area (Å²) in [6.45, 7) is 0. The second-order valence-electron chi connectivity index (χ2n) is 10.7. The van der Waals surface area contributed by atoms with E-state index in [1.165, 1.54) is 0 Å². The van der Waals surface area contributed by atoms with Crippen LogP contribution in [-0.4, -0.2) is 0 Å². The van der Waals surface area contributed by atoms with Gasteiger partial charge in [0.25, 0.3) is 0 Å². The minimum absolute atomic E-state index is 0.300. The molecule has 0 unspecified atom stereocenters. The molecule has 0 aliphatic carbocycles. The minimum atomic E-state index is -4.83.